The Hall–Kier alpha value is -1.69. The molecule has 2 aliphatic rings. The van der Waals surface area contributed by atoms with E-state index >= 15 is 0 Å². The van der Waals surface area contributed by atoms with Gasteiger partial charge in [0.1, 0.15) is 0 Å². The summed E-state index contributed by atoms with van der Waals surface area (Å²) in [5.74, 6) is 0.0651. The molecule has 0 unspecified atom stereocenters. The smallest absolute Gasteiger partial charge is 0.225 e. The number of methoxy groups -OCH3 is 1. The lowest BCUT2D eigenvalue weighted by atomic mass is 9.72. The van der Waals surface area contributed by atoms with E-state index in [4.69, 9.17) is 4.74 Å². The Balaban J connectivity index is 1.63. The van der Waals surface area contributed by atoms with Gasteiger partial charge in [0.25, 0.3) is 0 Å². The molecule has 25 heavy (non-hydrogen) atoms. The SMILES string of the molecule is CO[C@@H]1[C@@H](NC(=O)Cc2cccs2)c2ccccc2C12CCNCC2. The van der Waals surface area contributed by atoms with Crippen molar-refractivity contribution in [1.82, 2.24) is 10.6 Å². The molecule has 2 aromatic rings. The average Bonchev–Trinajstić information content (AvgIpc) is 3.22. The molecule has 0 saturated carbocycles. The lowest BCUT2D eigenvalue weighted by Gasteiger charge is -2.40. The van der Waals surface area contributed by atoms with Crippen LogP contribution in [0.2, 0.25) is 0 Å². The third-order valence-electron chi connectivity index (χ3n) is 5.66. The minimum Gasteiger partial charge on any atom is -0.378 e. The maximum Gasteiger partial charge on any atom is 0.225 e. The van der Waals surface area contributed by atoms with Crippen molar-refractivity contribution < 1.29 is 9.53 Å². The Morgan fingerprint density at radius 1 is 1.28 bits per heavy atom. The summed E-state index contributed by atoms with van der Waals surface area (Å²) in [7, 11) is 1.78. The molecule has 2 N–H and O–H groups in total. The quantitative estimate of drug-likeness (QED) is 0.886. The largest absolute Gasteiger partial charge is 0.378 e. The lowest BCUT2D eigenvalue weighted by molar-refractivity contribution is -0.122. The average molecular weight is 356 g/mol. The number of hydrogen-bond donors (Lipinski definition) is 2. The number of thiophene rings is 1. The number of hydrogen-bond acceptors (Lipinski definition) is 4. The van der Waals surface area contributed by atoms with Crippen LogP contribution in [0.15, 0.2) is 41.8 Å². The van der Waals surface area contributed by atoms with E-state index in [1.54, 1.807) is 18.4 Å². The van der Waals surface area contributed by atoms with Gasteiger partial charge in [0.05, 0.1) is 18.6 Å². The standard InChI is InChI=1S/C20H24N2O2S/c1-24-19-18(22-17(23)13-14-5-4-12-25-14)15-6-2-3-7-16(15)20(19)8-10-21-11-9-20/h2-7,12,18-19,21H,8-11,13H2,1H3,(H,22,23)/t18-,19+/m0/s1. The molecule has 1 aromatic carbocycles. The second kappa shape index (κ2) is 6.90. The second-order valence-electron chi connectivity index (χ2n) is 6.95. The number of piperidine rings is 1. The predicted molar refractivity (Wildman–Crippen MR) is 99.9 cm³/mol. The number of carbonyl (C=O) groups excluding carboxylic acids is 1. The first-order chi connectivity index (χ1) is 12.2. The number of carbonyl (C=O) groups is 1. The van der Waals surface area contributed by atoms with Crippen LogP contribution in [0.25, 0.3) is 0 Å². The van der Waals surface area contributed by atoms with E-state index in [2.05, 4.69) is 34.9 Å². The highest BCUT2D eigenvalue weighted by Gasteiger charge is 2.53. The van der Waals surface area contributed by atoms with Crippen LogP contribution in [0.1, 0.15) is 34.9 Å². The summed E-state index contributed by atoms with van der Waals surface area (Å²) < 4.78 is 6.00. The number of ether oxygens (including phenoxy) is 1. The highest BCUT2D eigenvalue weighted by molar-refractivity contribution is 7.10. The van der Waals surface area contributed by atoms with E-state index in [0.717, 1.165) is 30.8 Å². The van der Waals surface area contributed by atoms with Gasteiger partial charge in [0.2, 0.25) is 5.91 Å². The van der Waals surface area contributed by atoms with Crippen molar-refractivity contribution in [2.24, 2.45) is 0 Å². The van der Waals surface area contributed by atoms with Crippen LogP contribution < -0.4 is 10.6 Å². The molecule has 1 aromatic heterocycles. The lowest BCUT2D eigenvalue weighted by Crippen LogP contribution is -2.49. The molecule has 4 rings (SSSR count). The third kappa shape index (κ3) is 2.90. The highest BCUT2D eigenvalue weighted by Crippen LogP contribution is 2.51. The number of amides is 1. The molecule has 2 atom stereocenters. The van der Waals surface area contributed by atoms with Gasteiger partial charge in [0.15, 0.2) is 0 Å². The third-order valence-corrected chi connectivity index (χ3v) is 6.54. The molecule has 0 bridgehead atoms. The Bertz CT molecular complexity index is 738. The summed E-state index contributed by atoms with van der Waals surface area (Å²) >= 11 is 1.62. The Morgan fingerprint density at radius 2 is 2.08 bits per heavy atom. The van der Waals surface area contributed by atoms with Crippen LogP contribution in [0, 0.1) is 0 Å². The van der Waals surface area contributed by atoms with Crippen LogP contribution in [-0.4, -0.2) is 32.2 Å². The zero-order valence-corrected chi connectivity index (χ0v) is 15.3. The van der Waals surface area contributed by atoms with Crippen LogP contribution in [0.5, 0.6) is 0 Å². The zero-order valence-electron chi connectivity index (χ0n) is 14.5. The molecule has 1 aliphatic carbocycles. The molecule has 4 nitrogen and oxygen atoms in total. The Labute approximate surface area is 152 Å². The van der Waals surface area contributed by atoms with Crippen molar-refractivity contribution in [2.75, 3.05) is 20.2 Å². The molecule has 1 spiro atoms. The molecule has 1 fully saturated rings. The monoisotopic (exact) mass is 356 g/mol. The van der Waals surface area contributed by atoms with Crippen LogP contribution in [-0.2, 0) is 21.4 Å². The number of rotatable bonds is 4. The van der Waals surface area contributed by atoms with Crippen molar-refractivity contribution in [1.29, 1.82) is 0 Å². The minimum atomic E-state index is -0.0771. The van der Waals surface area contributed by atoms with Gasteiger partial charge in [-0.2, -0.15) is 0 Å². The maximum absolute atomic E-state index is 12.6. The summed E-state index contributed by atoms with van der Waals surface area (Å²) in [6, 6.07) is 12.4. The topological polar surface area (TPSA) is 50.4 Å². The maximum atomic E-state index is 12.6. The van der Waals surface area contributed by atoms with Gasteiger partial charge in [-0.05, 0) is 48.5 Å². The van der Waals surface area contributed by atoms with Crippen LogP contribution in [0.4, 0.5) is 0 Å². The van der Waals surface area contributed by atoms with Crippen molar-refractivity contribution in [2.45, 2.75) is 36.8 Å². The summed E-state index contributed by atoms with van der Waals surface area (Å²) in [6.45, 7) is 1.98. The first-order valence-corrected chi connectivity index (χ1v) is 9.77. The van der Waals surface area contributed by atoms with E-state index in [1.165, 1.54) is 11.1 Å². The molecular formula is C20H24N2O2S. The van der Waals surface area contributed by atoms with Gasteiger partial charge in [-0.1, -0.05) is 30.3 Å². The number of fused-ring (bicyclic) bond motifs is 2. The van der Waals surface area contributed by atoms with Crippen molar-refractivity contribution in [3.63, 3.8) is 0 Å². The first-order valence-electron chi connectivity index (χ1n) is 8.89. The predicted octanol–water partition coefficient (Wildman–Crippen LogP) is 2.80. The van der Waals surface area contributed by atoms with E-state index in [1.807, 2.05) is 17.5 Å². The highest BCUT2D eigenvalue weighted by atomic mass is 32.1. The number of nitrogens with one attached hydrogen (secondary N) is 2. The number of benzene rings is 1. The van der Waals surface area contributed by atoms with E-state index in [-0.39, 0.29) is 23.5 Å². The molecule has 1 amide bonds. The first kappa shape index (κ1) is 16.8. The second-order valence-corrected chi connectivity index (χ2v) is 7.98. The summed E-state index contributed by atoms with van der Waals surface area (Å²) in [4.78, 5) is 13.7. The van der Waals surface area contributed by atoms with E-state index < -0.39 is 0 Å². The Morgan fingerprint density at radius 3 is 2.80 bits per heavy atom. The fourth-order valence-electron chi connectivity index (χ4n) is 4.59. The zero-order chi connectivity index (χ0) is 17.3. The molecule has 5 heteroatoms. The molecule has 1 saturated heterocycles. The van der Waals surface area contributed by atoms with Gasteiger partial charge in [-0.15, -0.1) is 11.3 Å². The molecule has 2 heterocycles. The fraction of sp³-hybridized carbons (Fsp3) is 0.450. The minimum absolute atomic E-state index is 0.00251. The fourth-order valence-corrected chi connectivity index (χ4v) is 5.30. The van der Waals surface area contributed by atoms with Gasteiger partial charge in [-0.25, -0.2) is 0 Å². The van der Waals surface area contributed by atoms with Gasteiger partial charge in [-0.3, -0.25) is 4.79 Å². The molecule has 132 valence electrons. The summed E-state index contributed by atoms with van der Waals surface area (Å²) in [6.07, 6.45) is 2.50. The van der Waals surface area contributed by atoms with E-state index in [9.17, 15) is 4.79 Å². The van der Waals surface area contributed by atoms with E-state index in [0.29, 0.717) is 6.42 Å². The van der Waals surface area contributed by atoms with Crippen LogP contribution >= 0.6 is 11.3 Å². The molecule has 0 radical (unpaired) electrons. The van der Waals surface area contributed by atoms with Crippen molar-refractivity contribution in [3.8, 4) is 0 Å². The summed E-state index contributed by atoms with van der Waals surface area (Å²) in [5.41, 5.74) is 2.57. The van der Waals surface area contributed by atoms with Gasteiger partial charge >= 0.3 is 0 Å². The van der Waals surface area contributed by atoms with Gasteiger partial charge in [0, 0.05) is 17.4 Å². The van der Waals surface area contributed by atoms with Crippen molar-refractivity contribution in [3.05, 3.63) is 57.8 Å². The molecule has 1 aliphatic heterocycles. The molecular weight excluding hydrogens is 332 g/mol. The van der Waals surface area contributed by atoms with Gasteiger partial charge < -0.3 is 15.4 Å². The normalized spacial score (nSPS) is 24.2. The Kier molecular flexibility index (Phi) is 4.63. The summed E-state index contributed by atoms with van der Waals surface area (Å²) in [5, 5.41) is 8.73. The van der Waals surface area contributed by atoms with Crippen LogP contribution in [0.3, 0.4) is 0 Å². The van der Waals surface area contributed by atoms with Crippen molar-refractivity contribution >= 4 is 17.2 Å².